The smallest absolute Gasteiger partial charge is 0.252 e. The van der Waals surface area contributed by atoms with Gasteiger partial charge in [0.1, 0.15) is 0 Å². The Kier molecular flexibility index (Phi) is 5.84. The molecule has 0 saturated carbocycles. The minimum Gasteiger partial charge on any atom is -0.307 e. The first-order valence-corrected chi connectivity index (χ1v) is 9.38. The summed E-state index contributed by atoms with van der Waals surface area (Å²) in [4.78, 5) is 14.5. The van der Waals surface area contributed by atoms with E-state index in [0.29, 0.717) is 0 Å². The molecule has 116 valence electrons. The number of amides is 1. The van der Waals surface area contributed by atoms with Crippen LogP contribution in [0.25, 0.3) is 0 Å². The average Bonchev–Trinajstić information content (AvgIpc) is 2.60. The molecule has 22 heavy (non-hydrogen) atoms. The quantitative estimate of drug-likeness (QED) is 0.722. The van der Waals surface area contributed by atoms with E-state index in [9.17, 15) is 4.79 Å². The standard InChI is InChI=1S/C19H23NOS/c1-3-5-16-22(20-19(21)4-2,17-12-8-6-9-13-17)18-14-10-7-11-15-18/h4,6-15H,2-3,5,16H2,1H3,(H,20,21). The van der Waals surface area contributed by atoms with Crippen molar-refractivity contribution in [3.05, 3.63) is 73.3 Å². The van der Waals surface area contributed by atoms with Crippen molar-refractivity contribution in [3.8, 4) is 0 Å². The number of carbonyl (C=O) groups excluding carboxylic acids is 1. The highest BCUT2D eigenvalue weighted by Gasteiger charge is 2.29. The van der Waals surface area contributed by atoms with Crippen LogP contribution < -0.4 is 4.72 Å². The summed E-state index contributed by atoms with van der Waals surface area (Å²) in [6, 6.07) is 20.6. The number of nitrogens with one attached hydrogen (secondary N) is 1. The zero-order valence-electron chi connectivity index (χ0n) is 13.0. The number of carbonyl (C=O) groups is 1. The largest absolute Gasteiger partial charge is 0.307 e. The molecule has 0 atom stereocenters. The summed E-state index contributed by atoms with van der Waals surface area (Å²) in [7, 11) is -1.60. The zero-order chi connectivity index (χ0) is 15.8. The van der Waals surface area contributed by atoms with Gasteiger partial charge in [-0.15, -0.1) is 10.2 Å². The molecule has 0 aliphatic carbocycles. The van der Waals surface area contributed by atoms with Crippen molar-refractivity contribution < 1.29 is 4.79 Å². The molecule has 0 aliphatic heterocycles. The third kappa shape index (κ3) is 3.60. The molecule has 0 aromatic heterocycles. The van der Waals surface area contributed by atoms with E-state index in [0.717, 1.165) is 18.6 Å². The van der Waals surface area contributed by atoms with Crippen LogP contribution in [-0.2, 0) is 4.79 Å². The van der Waals surface area contributed by atoms with Crippen molar-refractivity contribution in [3.63, 3.8) is 0 Å². The van der Waals surface area contributed by atoms with Crippen molar-refractivity contribution in [2.45, 2.75) is 29.6 Å². The minimum atomic E-state index is -1.60. The van der Waals surface area contributed by atoms with Crippen molar-refractivity contribution in [2.75, 3.05) is 5.75 Å². The summed E-state index contributed by atoms with van der Waals surface area (Å²) in [6.45, 7) is 5.79. The van der Waals surface area contributed by atoms with Crippen molar-refractivity contribution in [1.82, 2.24) is 4.72 Å². The average molecular weight is 313 g/mol. The molecule has 0 saturated heterocycles. The Morgan fingerprint density at radius 1 is 1.05 bits per heavy atom. The van der Waals surface area contributed by atoms with Crippen LogP contribution in [0.4, 0.5) is 0 Å². The van der Waals surface area contributed by atoms with Gasteiger partial charge in [0.15, 0.2) is 0 Å². The summed E-state index contributed by atoms with van der Waals surface area (Å²) in [6.07, 6.45) is 3.52. The highest BCUT2D eigenvalue weighted by molar-refractivity contribution is 8.32. The lowest BCUT2D eigenvalue weighted by molar-refractivity contribution is -0.114. The van der Waals surface area contributed by atoms with E-state index < -0.39 is 10.2 Å². The number of rotatable bonds is 7. The van der Waals surface area contributed by atoms with Gasteiger partial charge >= 0.3 is 0 Å². The van der Waals surface area contributed by atoms with Crippen LogP contribution >= 0.6 is 10.2 Å². The fourth-order valence-corrected chi connectivity index (χ4v) is 5.89. The third-order valence-corrected chi connectivity index (χ3v) is 7.16. The molecule has 0 aliphatic rings. The van der Waals surface area contributed by atoms with Crippen LogP contribution in [0.1, 0.15) is 19.8 Å². The van der Waals surface area contributed by atoms with Crippen LogP contribution in [0.3, 0.4) is 0 Å². The molecule has 2 nitrogen and oxygen atoms in total. The number of benzene rings is 2. The SMILES string of the molecule is C=CC(=O)NS(CCCC)(c1ccccc1)c1ccccc1. The normalized spacial score (nSPS) is 11.7. The molecule has 0 radical (unpaired) electrons. The molecule has 2 rings (SSSR count). The molecular weight excluding hydrogens is 290 g/mol. The van der Waals surface area contributed by atoms with Gasteiger partial charge in [0, 0.05) is 15.5 Å². The number of unbranched alkanes of at least 4 members (excludes halogenated alkanes) is 1. The second kappa shape index (κ2) is 7.85. The first kappa shape index (κ1) is 16.4. The highest BCUT2D eigenvalue weighted by atomic mass is 32.3. The van der Waals surface area contributed by atoms with E-state index in [-0.39, 0.29) is 5.91 Å². The lowest BCUT2D eigenvalue weighted by Gasteiger charge is -2.41. The van der Waals surface area contributed by atoms with Gasteiger partial charge in [-0.2, -0.15) is 0 Å². The topological polar surface area (TPSA) is 29.1 Å². The molecule has 0 spiro atoms. The highest BCUT2D eigenvalue weighted by Crippen LogP contribution is 2.59. The van der Waals surface area contributed by atoms with Gasteiger partial charge in [0.25, 0.3) is 5.91 Å². The van der Waals surface area contributed by atoms with Crippen LogP contribution in [0.15, 0.2) is 83.1 Å². The lowest BCUT2D eigenvalue weighted by Crippen LogP contribution is -2.29. The summed E-state index contributed by atoms with van der Waals surface area (Å²) in [5, 5.41) is 0. The lowest BCUT2D eigenvalue weighted by atomic mass is 10.4. The summed E-state index contributed by atoms with van der Waals surface area (Å²) < 4.78 is 3.27. The Morgan fingerprint density at radius 2 is 1.55 bits per heavy atom. The van der Waals surface area contributed by atoms with Crippen molar-refractivity contribution in [2.24, 2.45) is 0 Å². The van der Waals surface area contributed by atoms with Crippen LogP contribution in [-0.4, -0.2) is 11.7 Å². The predicted molar refractivity (Wildman–Crippen MR) is 95.1 cm³/mol. The van der Waals surface area contributed by atoms with Gasteiger partial charge in [-0.1, -0.05) is 56.3 Å². The maximum atomic E-state index is 12.1. The predicted octanol–water partition coefficient (Wildman–Crippen LogP) is 4.93. The maximum absolute atomic E-state index is 12.1. The van der Waals surface area contributed by atoms with E-state index in [1.807, 2.05) is 36.4 Å². The summed E-state index contributed by atoms with van der Waals surface area (Å²) in [5.41, 5.74) is 0. The summed E-state index contributed by atoms with van der Waals surface area (Å²) >= 11 is 0. The second-order valence-electron chi connectivity index (χ2n) is 5.09. The van der Waals surface area contributed by atoms with E-state index in [1.54, 1.807) is 0 Å². The molecule has 0 fully saturated rings. The molecule has 2 aromatic rings. The monoisotopic (exact) mass is 313 g/mol. The molecule has 0 heterocycles. The Bertz CT molecular complexity index is 570. The molecule has 1 amide bonds. The van der Waals surface area contributed by atoms with Gasteiger partial charge in [-0.3, -0.25) is 4.79 Å². The second-order valence-corrected chi connectivity index (χ2v) is 8.13. The fraction of sp³-hybridized carbons (Fsp3) is 0.211. The van der Waals surface area contributed by atoms with Crippen LogP contribution in [0, 0.1) is 0 Å². The Hall–Kier alpha value is -2.00. The van der Waals surface area contributed by atoms with E-state index in [1.165, 1.54) is 15.9 Å². The molecule has 0 bridgehead atoms. The zero-order valence-corrected chi connectivity index (χ0v) is 13.8. The fourth-order valence-electron chi connectivity index (χ4n) is 2.42. The Morgan fingerprint density at radius 3 is 1.95 bits per heavy atom. The minimum absolute atomic E-state index is 0.112. The van der Waals surface area contributed by atoms with Gasteiger partial charge in [-0.05, 0) is 36.8 Å². The third-order valence-electron chi connectivity index (χ3n) is 3.56. The van der Waals surface area contributed by atoms with Gasteiger partial charge in [-0.25, -0.2) is 0 Å². The van der Waals surface area contributed by atoms with E-state index >= 15 is 0 Å². The van der Waals surface area contributed by atoms with Crippen molar-refractivity contribution >= 4 is 16.1 Å². The van der Waals surface area contributed by atoms with E-state index in [4.69, 9.17) is 0 Å². The maximum Gasteiger partial charge on any atom is 0.252 e. The molecule has 2 aromatic carbocycles. The molecular formula is C19H23NOS. The van der Waals surface area contributed by atoms with Crippen LogP contribution in [0.5, 0.6) is 0 Å². The van der Waals surface area contributed by atoms with Crippen molar-refractivity contribution in [1.29, 1.82) is 0 Å². The first-order valence-electron chi connectivity index (χ1n) is 7.58. The Labute approximate surface area is 134 Å². The molecule has 0 unspecified atom stereocenters. The van der Waals surface area contributed by atoms with Gasteiger partial charge in [0.2, 0.25) is 0 Å². The Balaban J connectivity index is 2.57. The molecule has 1 N–H and O–H groups in total. The van der Waals surface area contributed by atoms with Gasteiger partial charge < -0.3 is 4.72 Å². The van der Waals surface area contributed by atoms with E-state index in [2.05, 4.69) is 42.5 Å². The number of hydrogen-bond donors (Lipinski definition) is 1. The summed E-state index contributed by atoms with van der Waals surface area (Å²) in [5.74, 6) is 0.829. The first-order chi connectivity index (χ1) is 10.7. The number of hydrogen-bond acceptors (Lipinski definition) is 1. The van der Waals surface area contributed by atoms with Crippen LogP contribution in [0.2, 0.25) is 0 Å². The van der Waals surface area contributed by atoms with Gasteiger partial charge in [0.05, 0.1) is 0 Å². The molecule has 3 heteroatoms.